The lowest BCUT2D eigenvalue weighted by atomic mass is 9.91. The second-order valence-corrected chi connectivity index (χ2v) is 5.70. The number of hydrogen-bond donors (Lipinski definition) is 1. The van der Waals surface area contributed by atoms with E-state index in [9.17, 15) is 14.0 Å². The van der Waals surface area contributed by atoms with Crippen LogP contribution in [0.25, 0.3) is 0 Å². The van der Waals surface area contributed by atoms with Crippen molar-refractivity contribution in [3.05, 3.63) is 29.8 Å². The Bertz CT molecular complexity index is 573. The quantitative estimate of drug-likeness (QED) is 0.891. The molecule has 1 atom stereocenters. The summed E-state index contributed by atoms with van der Waals surface area (Å²) in [6.07, 6.45) is 4.54. The zero-order chi connectivity index (χ0) is 14.3. The molecule has 1 N–H and O–H groups in total. The van der Waals surface area contributed by atoms with Crippen LogP contribution in [0.15, 0.2) is 18.5 Å². The standard InChI is InChI=1S/C14H16FN3O2/c1-14(10-2-3-10)13(20)18(8-12(19)17-14)7-9-4-11(15)6-16-5-9/h4-6,10H,2-3,7-8H2,1H3,(H,17,19). The summed E-state index contributed by atoms with van der Waals surface area (Å²) in [5.74, 6) is -0.485. The van der Waals surface area contributed by atoms with Crippen LogP contribution in [0.4, 0.5) is 4.39 Å². The predicted molar refractivity (Wildman–Crippen MR) is 68.9 cm³/mol. The molecule has 1 unspecified atom stereocenters. The highest BCUT2D eigenvalue weighted by Gasteiger charge is 2.52. The average Bonchev–Trinajstić information content (AvgIpc) is 3.20. The van der Waals surface area contributed by atoms with E-state index in [1.165, 1.54) is 17.2 Å². The van der Waals surface area contributed by atoms with E-state index in [0.717, 1.165) is 19.0 Å². The van der Waals surface area contributed by atoms with Gasteiger partial charge in [-0.15, -0.1) is 0 Å². The van der Waals surface area contributed by atoms with E-state index in [1.807, 2.05) is 0 Å². The summed E-state index contributed by atoms with van der Waals surface area (Å²) in [7, 11) is 0. The summed E-state index contributed by atoms with van der Waals surface area (Å²) >= 11 is 0. The number of rotatable bonds is 3. The van der Waals surface area contributed by atoms with Crippen LogP contribution in [0.2, 0.25) is 0 Å². The normalized spacial score (nSPS) is 26.6. The molecule has 1 saturated carbocycles. The number of piperazine rings is 1. The van der Waals surface area contributed by atoms with E-state index in [-0.39, 0.29) is 30.8 Å². The fourth-order valence-corrected chi connectivity index (χ4v) is 2.78. The van der Waals surface area contributed by atoms with Crippen molar-refractivity contribution in [2.24, 2.45) is 5.92 Å². The van der Waals surface area contributed by atoms with Gasteiger partial charge in [0.25, 0.3) is 0 Å². The first-order valence-corrected chi connectivity index (χ1v) is 6.69. The summed E-state index contributed by atoms with van der Waals surface area (Å²) in [4.78, 5) is 29.6. The fraction of sp³-hybridized carbons (Fsp3) is 0.500. The minimum atomic E-state index is -0.809. The highest BCUT2D eigenvalue weighted by atomic mass is 19.1. The molecular weight excluding hydrogens is 261 g/mol. The largest absolute Gasteiger partial charge is 0.340 e. The Hall–Kier alpha value is -1.98. The van der Waals surface area contributed by atoms with Crippen LogP contribution in [0.5, 0.6) is 0 Å². The average molecular weight is 277 g/mol. The number of carbonyl (C=O) groups excluding carboxylic acids is 2. The molecule has 106 valence electrons. The zero-order valence-corrected chi connectivity index (χ0v) is 11.2. The number of nitrogens with zero attached hydrogens (tertiary/aromatic N) is 2. The fourth-order valence-electron chi connectivity index (χ4n) is 2.78. The second kappa shape index (κ2) is 4.54. The molecule has 2 aliphatic rings. The van der Waals surface area contributed by atoms with Crippen LogP contribution in [-0.2, 0) is 16.1 Å². The van der Waals surface area contributed by atoms with Gasteiger partial charge < -0.3 is 10.2 Å². The van der Waals surface area contributed by atoms with Crippen LogP contribution in [0.3, 0.4) is 0 Å². The van der Waals surface area contributed by atoms with Gasteiger partial charge >= 0.3 is 0 Å². The molecule has 2 heterocycles. The molecule has 5 nitrogen and oxygen atoms in total. The van der Waals surface area contributed by atoms with E-state index in [0.29, 0.717) is 5.56 Å². The van der Waals surface area contributed by atoms with Gasteiger partial charge in [-0.25, -0.2) is 4.39 Å². The third-order valence-electron chi connectivity index (χ3n) is 3.99. The molecule has 1 aromatic heterocycles. The van der Waals surface area contributed by atoms with Gasteiger partial charge in [-0.1, -0.05) is 0 Å². The zero-order valence-electron chi connectivity index (χ0n) is 11.2. The maximum Gasteiger partial charge on any atom is 0.249 e. The molecule has 0 radical (unpaired) electrons. The maximum absolute atomic E-state index is 13.1. The Labute approximate surface area is 116 Å². The molecule has 3 rings (SSSR count). The van der Waals surface area contributed by atoms with Gasteiger partial charge in [0.05, 0.1) is 12.7 Å². The first-order chi connectivity index (χ1) is 9.49. The van der Waals surface area contributed by atoms with Crippen molar-refractivity contribution < 1.29 is 14.0 Å². The summed E-state index contributed by atoms with van der Waals surface area (Å²) in [5, 5.41) is 2.81. The Morgan fingerprint density at radius 1 is 1.45 bits per heavy atom. The van der Waals surface area contributed by atoms with Crippen molar-refractivity contribution in [1.82, 2.24) is 15.2 Å². The third-order valence-corrected chi connectivity index (χ3v) is 3.99. The van der Waals surface area contributed by atoms with E-state index >= 15 is 0 Å². The van der Waals surface area contributed by atoms with Crippen molar-refractivity contribution >= 4 is 11.8 Å². The summed E-state index contributed by atoms with van der Waals surface area (Å²) < 4.78 is 13.1. The molecule has 6 heteroatoms. The van der Waals surface area contributed by atoms with Gasteiger partial charge in [0.2, 0.25) is 11.8 Å². The van der Waals surface area contributed by atoms with Gasteiger partial charge in [0.15, 0.2) is 0 Å². The molecule has 0 aromatic carbocycles. The highest BCUT2D eigenvalue weighted by molar-refractivity contribution is 5.98. The Balaban J connectivity index is 1.81. The van der Waals surface area contributed by atoms with Gasteiger partial charge in [-0.2, -0.15) is 0 Å². The molecule has 2 amide bonds. The minimum Gasteiger partial charge on any atom is -0.340 e. The summed E-state index contributed by atoms with van der Waals surface area (Å²) in [6, 6.07) is 1.33. The Morgan fingerprint density at radius 3 is 2.85 bits per heavy atom. The molecule has 2 fully saturated rings. The topological polar surface area (TPSA) is 62.3 Å². The minimum absolute atomic E-state index is 0.0116. The SMILES string of the molecule is CC1(C2CC2)NC(=O)CN(Cc2cncc(F)c2)C1=O. The van der Waals surface area contributed by atoms with Crippen molar-refractivity contribution in [2.75, 3.05) is 6.54 Å². The number of halogens is 1. The van der Waals surface area contributed by atoms with Crippen LogP contribution in [0, 0.1) is 11.7 Å². The van der Waals surface area contributed by atoms with Crippen molar-refractivity contribution in [1.29, 1.82) is 0 Å². The van der Waals surface area contributed by atoms with E-state index in [4.69, 9.17) is 0 Å². The Morgan fingerprint density at radius 2 is 2.20 bits per heavy atom. The predicted octanol–water partition coefficient (Wildman–Crippen LogP) is 0.848. The van der Waals surface area contributed by atoms with Gasteiger partial charge in [0.1, 0.15) is 11.4 Å². The maximum atomic E-state index is 13.1. The second-order valence-electron chi connectivity index (χ2n) is 5.70. The number of amides is 2. The van der Waals surface area contributed by atoms with Gasteiger partial charge in [-0.05, 0) is 37.3 Å². The molecule has 1 aromatic rings. The molecule has 0 spiro atoms. The van der Waals surface area contributed by atoms with E-state index in [2.05, 4.69) is 10.3 Å². The third kappa shape index (κ3) is 2.26. The highest BCUT2D eigenvalue weighted by Crippen LogP contribution is 2.41. The molecule has 1 aliphatic carbocycles. The van der Waals surface area contributed by atoms with Crippen LogP contribution in [-0.4, -0.2) is 33.8 Å². The lowest BCUT2D eigenvalue weighted by Crippen LogP contribution is -2.66. The molecule has 20 heavy (non-hydrogen) atoms. The number of carbonyl (C=O) groups is 2. The summed E-state index contributed by atoms with van der Waals surface area (Å²) in [6.45, 7) is 2.00. The first-order valence-electron chi connectivity index (χ1n) is 6.69. The van der Waals surface area contributed by atoms with Crippen molar-refractivity contribution in [3.63, 3.8) is 0 Å². The number of hydrogen-bond acceptors (Lipinski definition) is 3. The van der Waals surface area contributed by atoms with Crippen LogP contribution >= 0.6 is 0 Å². The van der Waals surface area contributed by atoms with Gasteiger partial charge in [0, 0.05) is 12.7 Å². The van der Waals surface area contributed by atoms with E-state index < -0.39 is 11.4 Å². The lowest BCUT2D eigenvalue weighted by molar-refractivity contribution is -0.150. The first kappa shape index (κ1) is 13.0. The number of nitrogens with one attached hydrogen (secondary N) is 1. The monoisotopic (exact) mass is 277 g/mol. The smallest absolute Gasteiger partial charge is 0.249 e. The molecule has 1 aliphatic heterocycles. The van der Waals surface area contributed by atoms with Crippen LogP contribution < -0.4 is 5.32 Å². The lowest BCUT2D eigenvalue weighted by Gasteiger charge is -2.40. The number of pyridine rings is 1. The van der Waals surface area contributed by atoms with Crippen molar-refractivity contribution in [3.8, 4) is 0 Å². The summed E-state index contributed by atoms with van der Waals surface area (Å²) in [5.41, 5.74) is -0.220. The Kier molecular flexibility index (Phi) is 2.96. The van der Waals surface area contributed by atoms with E-state index in [1.54, 1.807) is 6.92 Å². The van der Waals surface area contributed by atoms with Crippen LogP contribution in [0.1, 0.15) is 25.3 Å². The molecule has 1 saturated heterocycles. The molecular formula is C14H16FN3O2. The molecule has 0 bridgehead atoms. The van der Waals surface area contributed by atoms with Gasteiger partial charge in [-0.3, -0.25) is 14.6 Å². The van der Waals surface area contributed by atoms with Crippen molar-refractivity contribution in [2.45, 2.75) is 31.8 Å². The number of aromatic nitrogens is 1.